The summed E-state index contributed by atoms with van der Waals surface area (Å²) in [7, 11) is 0. The van der Waals surface area contributed by atoms with Crippen LogP contribution in [0, 0.1) is 0 Å². The van der Waals surface area contributed by atoms with Gasteiger partial charge in [-0.3, -0.25) is 0 Å². The van der Waals surface area contributed by atoms with Crippen LogP contribution in [0.25, 0.3) is 166 Å². The van der Waals surface area contributed by atoms with Crippen molar-refractivity contribution in [1.82, 2.24) is 0 Å². The summed E-state index contributed by atoms with van der Waals surface area (Å²) in [5.74, 6) is 0. The number of anilines is 6. The molecule has 0 atom stereocenters. The standard InChI is InChI=1S/C67H51NO.C63H49NO/c1-65(2)57-20-11-9-16-49(57)52-31-26-45(37-60(52)65)68(46-27-32-53-50-29-24-43(35-58(50)66(3,4)61(53)38-46)42-23-22-40-14-7-8-15-41(40)34-42)47-28-33-54-51-30-25-44(36-59(51)67(5,6)62(54)39-47)48-18-13-19-56-55-17-10-12-21-63(55)69-64(48)56;1-61(2)53-21-12-10-17-45(53)48-30-25-41(35-56(48)61)64(42-26-31-49-46-28-23-39(38-15-8-7-9-16-38)33-54(46)62(3,4)57(49)36-42)43-27-32-50-47-29-24-40(34-55(47)63(5,6)58(50)37-43)44-19-14-20-52-51-18-11-13-22-59(51)65-60(44)52/h7-39H,1-6H3;7-37H,1-6H3. The minimum Gasteiger partial charge on any atom is -0.455 e. The summed E-state index contributed by atoms with van der Waals surface area (Å²) in [5.41, 5.74) is 51.2. The molecule has 0 spiro atoms. The number of hydrogen-bond donors (Lipinski definition) is 0. The van der Waals surface area contributed by atoms with Crippen LogP contribution in [0.4, 0.5) is 34.1 Å². The summed E-state index contributed by atoms with van der Waals surface area (Å²) < 4.78 is 13.1. The zero-order valence-corrected chi connectivity index (χ0v) is 77.7. The summed E-state index contributed by atoms with van der Waals surface area (Å²) in [6.45, 7) is 28.7. The molecule has 0 amide bonds. The molecule has 6 aliphatic carbocycles. The van der Waals surface area contributed by atoms with E-state index in [4.69, 9.17) is 8.83 Å². The van der Waals surface area contributed by atoms with E-state index in [1.54, 1.807) is 0 Å². The molecule has 27 rings (SSSR count). The predicted molar refractivity (Wildman–Crippen MR) is 561 cm³/mol. The van der Waals surface area contributed by atoms with E-state index >= 15 is 0 Å². The number of furan rings is 2. The molecule has 134 heavy (non-hydrogen) atoms. The first-order valence-corrected chi connectivity index (χ1v) is 47.6. The summed E-state index contributed by atoms with van der Waals surface area (Å²) >= 11 is 0. The highest BCUT2D eigenvalue weighted by Gasteiger charge is 2.44. The lowest BCUT2D eigenvalue weighted by molar-refractivity contribution is 0.659. The van der Waals surface area contributed by atoms with Crippen molar-refractivity contribution in [3.63, 3.8) is 0 Å². The molecule has 0 saturated carbocycles. The summed E-state index contributed by atoms with van der Waals surface area (Å²) in [5, 5.41) is 7.14. The third kappa shape index (κ3) is 11.6. The quantitative estimate of drug-likeness (QED) is 0.137. The van der Waals surface area contributed by atoms with Gasteiger partial charge in [-0.25, -0.2) is 0 Å². The van der Waals surface area contributed by atoms with E-state index in [9.17, 15) is 0 Å². The fraction of sp³-hybridized carbons (Fsp3) is 0.138. The highest BCUT2D eigenvalue weighted by molar-refractivity contribution is 6.12. The van der Waals surface area contributed by atoms with Crippen LogP contribution in [-0.4, -0.2) is 0 Å². The predicted octanol–water partition coefficient (Wildman–Crippen LogP) is 35.8. The second kappa shape index (κ2) is 28.6. The molecule has 19 aromatic carbocycles. The highest BCUT2D eigenvalue weighted by atomic mass is 16.3. The van der Waals surface area contributed by atoms with E-state index in [1.807, 2.05) is 12.1 Å². The molecule has 642 valence electrons. The van der Waals surface area contributed by atoms with Gasteiger partial charge in [-0.15, -0.1) is 0 Å². The van der Waals surface area contributed by atoms with Crippen molar-refractivity contribution in [1.29, 1.82) is 0 Å². The Labute approximate surface area is 783 Å². The van der Waals surface area contributed by atoms with Gasteiger partial charge in [0.2, 0.25) is 0 Å². The minimum absolute atomic E-state index is 0.127. The Hall–Kier alpha value is -15.4. The maximum Gasteiger partial charge on any atom is 0.143 e. The maximum absolute atomic E-state index is 6.55. The van der Waals surface area contributed by atoms with Gasteiger partial charge in [-0.1, -0.05) is 356 Å². The van der Waals surface area contributed by atoms with Crippen LogP contribution in [0.2, 0.25) is 0 Å². The third-order valence-electron chi connectivity index (χ3n) is 31.9. The van der Waals surface area contributed by atoms with Crippen molar-refractivity contribution in [3.05, 3.63) is 455 Å². The molecule has 2 heterocycles. The van der Waals surface area contributed by atoms with Gasteiger partial charge in [0.15, 0.2) is 0 Å². The second-order valence-corrected chi connectivity index (χ2v) is 41.4. The van der Waals surface area contributed by atoms with Crippen LogP contribution >= 0.6 is 0 Å². The molecule has 2 aromatic heterocycles. The summed E-state index contributed by atoms with van der Waals surface area (Å²) in [6, 6.07) is 145. The average molecular weight is 1720 g/mol. The van der Waals surface area contributed by atoms with Gasteiger partial charge >= 0.3 is 0 Å². The molecule has 0 saturated heterocycles. The van der Waals surface area contributed by atoms with Crippen molar-refractivity contribution in [3.8, 4) is 111 Å². The molecular formula is C130H100N2O2. The Morgan fingerprint density at radius 3 is 0.776 bits per heavy atom. The van der Waals surface area contributed by atoms with Gasteiger partial charge in [-0.05, 0) is 293 Å². The van der Waals surface area contributed by atoms with E-state index in [0.717, 1.165) is 83.4 Å². The molecule has 4 nitrogen and oxygen atoms in total. The number of rotatable bonds is 10. The largest absolute Gasteiger partial charge is 0.455 e. The van der Waals surface area contributed by atoms with Crippen LogP contribution in [0.15, 0.2) is 397 Å². The highest BCUT2D eigenvalue weighted by Crippen LogP contribution is 2.61. The van der Waals surface area contributed by atoms with E-state index in [2.05, 4.69) is 469 Å². The fourth-order valence-electron chi connectivity index (χ4n) is 24.7. The second-order valence-electron chi connectivity index (χ2n) is 41.4. The first-order chi connectivity index (χ1) is 64.9. The molecular weight excluding hydrogens is 1620 g/mol. The van der Waals surface area contributed by atoms with Crippen molar-refractivity contribution in [2.24, 2.45) is 0 Å². The maximum atomic E-state index is 6.55. The Morgan fingerprint density at radius 1 is 0.157 bits per heavy atom. The van der Waals surface area contributed by atoms with Crippen molar-refractivity contribution >= 4 is 88.8 Å². The number of fused-ring (bicyclic) bond motifs is 25. The lowest BCUT2D eigenvalue weighted by atomic mass is 9.81. The summed E-state index contributed by atoms with van der Waals surface area (Å²) in [4.78, 5) is 5.04. The van der Waals surface area contributed by atoms with Crippen molar-refractivity contribution < 1.29 is 8.83 Å². The minimum atomic E-state index is -0.254. The van der Waals surface area contributed by atoms with Crippen LogP contribution in [0.1, 0.15) is 150 Å². The molecule has 0 unspecified atom stereocenters. The SMILES string of the molecule is CC1(C)c2ccccc2-c2ccc(N(c3ccc4c(c3)C(C)(C)c3cc(-c5ccc6ccccc6c5)ccc3-4)c3ccc4c(c3)C(C)(C)c3cc(-c5cccc6c5oc5ccccc56)ccc3-4)cc21.CC1(C)c2ccccc2-c2ccc(N(c3ccc4c(c3)C(C)(C)c3cc(-c5ccccc5)ccc3-4)c3ccc4c(c3)C(C)(C)c3cc(-c5cccc6c5oc5ccccc56)ccc3-4)cc21. The van der Waals surface area contributed by atoms with Gasteiger partial charge in [0.1, 0.15) is 22.3 Å². The van der Waals surface area contributed by atoms with Gasteiger partial charge in [0.05, 0.1) is 0 Å². The first kappa shape index (κ1) is 79.6. The van der Waals surface area contributed by atoms with Gasteiger partial charge < -0.3 is 18.6 Å². The lowest BCUT2D eigenvalue weighted by Gasteiger charge is -2.31. The number of para-hydroxylation sites is 4. The Bertz CT molecular complexity index is 8650. The van der Waals surface area contributed by atoms with Crippen LogP contribution in [-0.2, 0) is 32.5 Å². The first-order valence-electron chi connectivity index (χ1n) is 47.6. The Morgan fingerprint density at radius 2 is 0.403 bits per heavy atom. The number of benzene rings is 19. The molecule has 4 heteroatoms. The molecule has 0 fully saturated rings. The molecule has 0 radical (unpaired) electrons. The number of nitrogens with zero attached hydrogens (tertiary/aromatic N) is 2. The zero-order chi connectivity index (χ0) is 90.5. The molecule has 6 aliphatic rings. The Kier molecular flexibility index (Phi) is 17.0. The third-order valence-corrected chi connectivity index (χ3v) is 31.9. The molecule has 0 N–H and O–H groups in total. The zero-order valence-electron chi connectivity index (χ0n) is 77.7. The van der Waals surface area contributed by atoms with Gasteiger partial charge in [-0.2, -0.15) is 0 Å². The van der Waals surface area contributed by atoms with Crippen LogP contribution in [0.5, 0.6) is 0 Å². The van der Waals surface area contributed by atoms with E-state index < -0.39 is 0 Å². The molecule has 21 aromatic rings. The van der Waals surface area contributed by atoms with E-state index in [1.165, 1.54) is 183 Å². The van der Waals surface area contributed by atoms with Gasteiger partial charge in [0, 0.05) is 99.3 Å². The Balaban J connectivity index is 0.000000140. The van der Waals surface area contributed by atoms with Crippen LogP contribution < -0.4 is 9.80 Å². The average Bonchev–Trinajstić information content (AvgIpc) is 1.57. The smallest absolute Gasteiger partial charge is 0.143 e. The normalized spacial score (nSPS) is 15.2. The molecule has 0 bridgehead atoms. The van der Waals surface area contributed by atoms with Crippen molar-refractivity contribution in [2.75, 3.05) is 9.80 Å². The lowest BCUT2D eigenvalue weighted by Crippen LogP contribution is -2.19. The molecule has 0 aliphatic heterocycles. The fourth-order valence-corrected chi connectivity index (χ4v) is 24.7. The van der Waals surface area contributed by atoms with Gasteiger partial charge in [0.25, 0.3) is 0 Å². The van der Waals surface area contributed by atoms with Crippen molar-refractivity contribution in [2.45, 2.75) is 116 Å². The van der Waals surface area contributed by atoms with Crippen LogP contribution in [0.3, 0.4) is 0 Å². The monoisotopic (exact) mass is 1720 g/mol. The summed E-state index contributed by atoms with van der Waals surface area (Å²) in [6.07, 6.45) is 0. The topological polar surface area (TPSA) is 32.8 Å². The number of hydrogen-bond acceptors (Lipinski definition) is 4. The van der Waals surface area contributed by atoms with E-state index in [0.29, 0.717) is 0 Å². The van der Waals surface area contributed by atoms with E-state index in [-0.39, 0.29) is 32.5 Å².